The Bertz CT molecular complexity index is 698. The molecular weight excluding hydrogens is 306 g/mol. The Morgan fingerprint density at radius 1 is 1.30 bits per heavy atom. The summed E-state index contributed by atoms with van der Waals surface area (Å²) >= 11 is 0. The Balaban J connectivity index is 2.47. The Morgan fingerprint density at radius 3 is 2.26 bits per heavy atom. The van der Waals surface area contributed by atoms with Crippen molar-refractivity contribution in [1.82, 2.24) is 9.78 Å². The smallest absolute Gasteiger partial charge is 0.263 e. The van der Waals surface area contributed by atoms with Gasteiger partial charge in [0, 0.05) is 5.56 Å². The Labute approximate surface area is 131 Å². The molecule has 1 heterocycles. The Morgan fingerprint density at radius 2 is 1.87 bits per heavy atom. The van der Waals surface area contributed by atoms with Crippen molar-refractivity contribution in [2.75, 3.05) is 5.73 Å². The summed E-state index contributed by atoms with van der Waals surface area (Å²) in [5, 5.41) is 13.5. The molecule has 0 aliphatic heterocycles. The van der Waals surface area contributed by atoms with Crippen LogP contribution in [0.4, 0.5) is 14.6 Å². The number of carbonyl (C=O) groups is 1. The third-order valence-corrected chi connectivity index (χ3v) is 3.67. The number of carbonyl (C=O) groups excluding carboxylic acids is 1. The fourth-order valence-electron chi connectivity index (χ4n) is 2.53. The van der Waals surface area contributed by atoms with Gasteiger partial charge in [0.1, 0.15) is 17.1 Å². The van der Waals surface area contributed by atoms with Crippen LogP contribution in [0.3, 0.4) is 0 Å². The highest BCUT2D eigenvalue weighted by Crippen LogP contribution is 2.29. The molecule has 1 aromatic carbocycles. The molecular formula is C15H18F2N4O2. The molecule has 0 aliphatic carbocycles. The highest BCUT2D eigenvalue weighted by molar-refractivity contribution is 5.98. The van der Waals surface area contributed by atoms with Gasteiger partial charge in [0.25, 0.3) is 12.3 Å². The fourth-order valence-corrected chi connectivity index (χ4v) is 2.53. The van der Waals surface area contributed by atoms with Crippen molar-refractivity contribution in [2.45, 2.75) is 32.4 Å². The average Bonchev–Trinajstić information content (AvgIpc) is 2.85. The maximum atomic E-state index is 12.6. The van der Waals surface area contributed by atoms with E-state index in [4.69, 9.17) is 11.5 Å². The van der Waals surface area contributed by atoms with Crippen LogP contribution >= 0.6 is 0 Å². The van der Waals surface area contributed by atoms with Crippen LogP contribution < -0.4 is 11.5 Å². The second kappa shape index (κ2) is 6.74. The van der Waals surface area contributed by atoms with Crippen LogP contribution in [0.15, 0.2) is 24.3 Å². The summed E-state index contributed by atoms with van der Waals surface area (Å²) in [7, 11) is 0. The molecule has 1 atom stereocenters. The van der Waals surface area contributed by atoms with Gasteiger partial charge >= 0.3 is 0 Å². The van der Waals surface area contributed by atoms with E-state index in [9.17, 15) is 18.7 Å². The van der Waals surface area contributed by atoms with Gasteiger partial charge in [0.2, 0.25) is 0 Å². The number of halogens is 2. The first-order valence-electron chi connectivity index (χ1n) is 7.06. The molecule has 2 aromatic rings. The average molecular weight is 324 g/mol. The van der Waals surface area contributed by atoms with Gasteiger partial charge in [0.15, 0.2) is 0 Å². The number of amides is 1. The summed E-state index contributed by atoms with van der Waals surface area (Å²) in [6, 6.07) is 5.45. The van der Waals surface area contributed by atoms with Gasteiger partial charge in [-0.3, -0.25) is 4.79 Å². The van der Waals surface area contributed by atoms with Crippen molar-refractivity contribution in [3.05, 3.63) is 46.6 Å². The number of nitrogens with zero attached hydrogens (tertiary/aromatic N) is 2. The Kier molecular flexibility index (Phi) is 4.95. The molecule has 1 unspecified atom stereocenters. The number of nitrogens with two attached hydrogens (primary N) is 2. The molecule has 124 valence electrons. The monoisotopic (exact) mass is 324 g/mol. The molecule has 23 heavy (non-hydrogen) atoms. The number of hydrogen-bond acceptors (Lipinski definition) is 4. The molecule has 6 nitrogen and oxygen atoms in total. The fraction of sp³-hybridized carbons (Fsp3) is 0.333. The van der Waals surface area contributed by atoms with E-state index in [-0.39, 0.29) is 28.7 Å². The number of benzene rings is 1. The minimum atomic E-state index is -2.54. The summed E-state index contributed by atoms with van der Waals surface area (Å²) < 4.78 is 26.7. The van der Waals surface area contributed by atoms with Crippen LogP contribution in [0.25, 0.3) is 0 Å². The Hall–Kier alpha value is -2.48. The molecule has 8 heteroatoms. The van der Waals surface area contributed by atoms with Gasteiger partial charge in [-0.25, -0.2) is 13.5 Å². The van der Waals surface area contributed by atoms with Crippen LogP contribution in [0.1, 0.15) is 53.0 Å². The molecule has 1 aromatic heterocycles. The quantitative estimate of drug-likeness (QED) is 0.755. The van der Waals surface area contributed by atoms with E-state index < -0.39 is 18.9 Å². The van der Waals surface area contributed by atoms with Gasteiger partial charge in [-0.05, 0) is 12.0 Å². The predicted octanol–water partition coefficient (Wildman–Crippen LogP) is 1.99. The first-order valence-corrected chi connectivity index (χ1v) is 7.06. The van der Waals surface area contributed by atoms with Gasteiger partial charge in [-0.1, -0.05) is 31.2 Å². The standard InChI is InChI=1S/C15H18F2N4O2/c1-2-11(8-3-5-9(6-4-8)13(16)17)21-14(18)12(15(19)23)10(7-22)20-21/h3-6,11,13,22H,2,7,18H2,1H3,(H2,19,23). The molecule has 2 rings (SSSR count). The zero-order valence-corrected chi connectivity index (χ0v) is 12.5. The van der Waals surface area contributed by atoms with E-state index in [2.05, 4.69) is 5.10 Å². The minimum absolute atomic E-state index is 0.0184. The van der Waals surface area contributed by atoms with Crippen molar-refractivity contribution in [3.8, 4) is 0 Å². The summed E-state index contributed by atoms with van der Waals surface area (Å²) in [5.74, 6) is -0.730. The number of anilines is 1. The van der Waals surface area contributed by atoms with Gasteiger partial charge in [-0.15, -0.1) is 0 Å². The van der Waals surface area contributed by atoms with Crippen LogP contribution in [0.2, 0.25) is 0 Å². The molecule has 5 N–H and O–H groups in total. The lowest BCUT2D eigenvalue weighted by Gasteiger charge is -2.18. The number of alkyl halides is 2. The third-order valence-electron chi connectivity index (χ3n) is 3.67. The van der Waals surface area contributed by atoms with Crippen molar-refractivity contribution in [3.63, 3.8) is 0 Å². The number of primary amides is 1. The summed E-state index contributed by atoms with van der Waals surface area (Å²) in [4.78, 5) is 11.5. The molecule has 0 saturated heterocycles. The van der Waals surface area contributed by atoms with E-state index in [1.807, 2.05) is 6.92 Å². The maximum Gasteiger partial charge on any atom is 0.263 e. The predicted molar refractivity (Wildman–Crippen MR) is 80.9 cm³/mol. The summed E-state index contributed by atoms with van der Waals surface area (Å²) in [6.07, 6.45) is -1.98. The third kappa shape index (κ3) is 3.16. The van der Waals surface area contributed by atoms with E-state index in [0.717, 1.165) is 0 Å². The molecule has 0 fully saturated rings. The van der Waals surface area contributed by atoms with Crippen molar-refractivity contribution in [2.24, 2.45) is 5.73 Å². The maximum absolute atomic E-state index is 12.6. The van der Waals surface area contributed by atoms with Gasteiger partial charge < -0.3 is 16.6 Å². The van der Waals surface area contributed by atoms with Crippen LogP contribution in [0, 0.1) is 0 Å². The largest absolute Gasteiger partial charge is 0.390 e. The lowest BCUT2D eigenvalue weighted by Crippen LogP contribution is -2.17. The number of aromatic nitrogens is 2. The SMILES string of the molecule is CCC(c1ccc(C(F)F)cc1)n1nc(CO)c(C(N)=O)c1N. The molecule has 0 spiro atoms. The molecule has 0 aliphatic rings. The molecule has 0 radical (unpaired) electrons. The van der Waals surface area contributed by atoms with Gasteiger partial charge in [-0.2, -0.15) is 5.10 Å². The lowest BCUT2D eigenvalue weighted by atomic mass is 10.0. The number of aliphatic hydroxyl groups excluding tert-OH is 1. The molecule has 0 saturated carbocycles. The highest BCUT2D eigenvalue weighted by Gasteiger charge is 2.24. The number of hydrogen-bond donors (Lipinski definition) is 3. The normalized spacial score (nSPS) is 12.6. The van der Waals surface area contributed by atoms with E-state index >= 15 is 0 Å². The summed E-state index contributed by atoms with van der Waals surface area (Å²) in [5.41, 5.74) is 11.9. The number of aliphatic hydroxyl groups is 1. The van der Waals surface area contributed by atoms with Crippen molar-refractivity contribution in [1.29, 1.82) is 0 Å². The first kappa shape index (κ1) is 16.9. The molecule has 0 bridgehead atoms. The second-order valence-electron chi connectivity index (χ2n) is 5.07. The lowest BCUT2D eigenvalue weighted by molar-refractivity contribution is 0.0998. The van der Waals surface area contributed by atoms with Gasteiger partial charge in [0.05, 0.1) is 12.6 Å². The van der Waals surface area contributed by atoms with E-state index in [0.29, 0.717) is 12.0 Å². The zero-order valence-electron chi connectivity index (χ0n) is 12.5. The van der Waals surface area contributed by atoms with E-state index in [1.54, 1.807) is 12.1 Å². The first-order chi connectivity index (χ1) is 10.9. The van der Waals surface area contributed by atoms with E-state index in [1.165, 1.54) is 16.8 Å². The van der Waals surface area contributed by atoms with Crippen LogP contribution in [-0.2, 0) is 6.61 Å². The van der Waals surface area contributed by atoms with Crippen LogP contribution in [0.5, 0.6) is 0 Å². The zero-order chi connectivity index (χ0) is 17.1. The number of rotatable bonds is 6. The van der Waals surface area contributed by atoms with Crippen molar-refractivity contribution < 1.29 is 18.7 Å². The summed E-state index contributed by atoms with van der Waals surface area (Å²) in [6.45, 7) is 1.39. The highest BCUT2D eigenvalue weighted by atomic mass is 19.3. The number of nitrogen functional groups attached to an aromatic ring is 1. The second-order valence-corrected chi connectivity index (χ2v) is 5.07. The minimum Gasteiger partial charge on any atom is -0.390 e. The topological polar surface area (TPSA) is 107 Å². The van der Waals surface area contributed by atoms with Crippen molar-refractivity contribution >= 4 is 11.7 Å². The van der Waals surface area contributed by atoms with Crippen LogP contribution in [-0.4, -0.2) is 20.8 Å². The molecule has 1 amide bonds.